The molecule has 2 heterocycles. The van der Waals surface area contributed by atoms with Crippen LogP contribution >= 0.6 is 23.2 Å². The molecule has 2 aliphatic heterocycles. The topological polar surface area (TPSA) is 93.8 Å². The van der Waals surface area contributed by atoms with Crippen molar-refractivity contribution in [1.29, 1.82) is 0 Å². The van der Waals surface area contributed by atoms with Gasteiger partial charge in [-0.1, -0.05) is 114 Å². The van der Waals surface area contributed by atoms with Crippen molar-refractivity contribution < 1.29 is 18.8 Å². The van der Waals surface area contributed by atoms with Crippen molar-refractivity contribution >= 4 is 40.9 Å². The SMILES string of the molecule is CC(=O)NC1(c2ccccc2)CCN(CC=C[C@@H]2C[C@@]2(C(=O)N(C)Cc2ccc(F)cc2)c2ccc(Cl)c(Cl)c2)CC1.CC(=O)NC1(c2ccccc2)CCNCC1. The Morgan fingerprint density at radius 1 is 0.776 bits per heavy atom. The number of likely N-dealkylation sites (tertiary alicyclic amines) is 1. The molecule has 3 N–H and O–H groups in total. The third-order valence-corrected chi connectivity index (χ3v) is 12.6. The van der Waals surface area contributed by atoms with Crippen LogP contribution in [0.1, 0.15) is 68.2 Å². The molecule has 0 bridgehead atoms. The van der Waals surface area contributed by atoms with E-state index in [0.29, 0.717) is 23.0 Å². The average Bonchev–Trinajstić information content (AvgIpc) is 3.96. The van der Waals surface area contributed by atoms with E-state index < -0.39 is 5.41 Å². The molecular weight excluding hydrogens is 772 g/mol. The molecule has 0 radical (unpaired) electrons. The highest BCUT2D eigenvalue weighted by Crippen LogP contribution is 2.57. The Hall–Kier alpha value is -4.54. The van der Waals surface area contributed by atoms with Gasteiger partial charge in [0.2, 0.25) is 17.7 Å². The zero-order chi connectivity index (χ0) is 41.3. The summed E-state index contributed by atoms with van der Waals surface area (Å²) in [6, 6.07) is 32.1. The lowest BCUT2D eigenvalue weighted by molar-refractivity contribution is -0.133. The van der Waals surface area contributed by atoms with Crippen molar-refractivity contribution in [2.45, 2.75) is 69.0 Å². The fourth-order valence-electron chi connectivity index (χ4n) is 8.78. The Kier molecular flexibility index (Phi) is 14.1. The van der Waals surface area contributed by atoms with Crippen molar-refractivity contribution in [3.05, 3.63) is 153 Å². The maximum absolute atomic E-state index is 14.0. The van der Waals surface area contributed by atoms with Crippen LogP contribution in [0.15, 0.2) is 115 Å². The molecule has 4 aromatic rings. The van der Waals surface area contributed by atoms with Gasteiger partial charge in [-0.25, -0.2) is 4.39 Å². The number of allylic oxidation sites excluding steroid dienone is 1. The maximum Gasteiger partial charge on any atom is 0.233 e. The fraction of sp³-hybridized carbons (Fsp3) is 0.383. The summed E-state index contributed by atoms with van der Waals surface area (Å²) in [6.45, 7) is 7.91. The normalized spacial score (nSPS) is 21.0. The van der Waals surface area contributed by atoms with E-state index in [1.807, 2.05) is 42.5 Å². The molecule has 1 saturated carbocycles. The van der Waals surface area contributed by atoms with Crippen LogP contribution in [-0.2, 0) is 37.4 Å². The molecule has 0 unspecified atom stereocenters. The van der Waals surface area contributed by atoms with E-state index in [1.165, 1.54) is 17.7 Å². The van der Waals surface area contributed by atoms with Crippen molar-refractivity contribution in [3.63, 3.8) is 0 Å². The smallest absolute Gasteiger partial charge is 0.233 e. The van der Waals surface area contributed by atoms with Crippen molar-refractivity contribution in [2.24, 2.45) is 5.92 Å². The van der Waals surface area contributed by atoms with Crippen LogP contribution in [-0.4, -0.2) is 67.3 Å². The van der Waals surface area contributed by atoms with E-state index in [4.69, 9.17) is 23.2 Å². The fourth-order valence-corrected chi connectivity index (χ4v) is 9.07. The molecule has 11 heteroatoms. The van der Waals surface area contributed by atoms with Gasteiger partial charge in [-0.05, 0) is 97.6 Å². The van der Waals surface area contributed by atoms with E-state index in [2.05, 4.69) is 57.3 Å². The number of nitrogens with one attached hydrogen (secondary N) is 3. The number of amides is 3. The van der Waals surface area contributed by atoms with Gasteiger partial charge in [-0.15, -0.1) is 0 Å². The Balaban J connectivity index is 0.000000295. The molecule has 1 aliphatic carbocycles. The summed E-state index contributed by atoms with van der Waals surface area (Å²) < 4.78 is 13.4. The lowest BCUT2D eigenvalue weighted by Gasteiger charge is -2.42. The number of likely N-dealkylation sites (N-methyl/N-ethyl adjacent to an activating group) is 1. The van der Waals surface area contributed by atoms with E-state index >= 15 is 0 Å². The van der Waals surface area contributed by atoms with Gasteiger partial charge in [0.25, 0.3) is 0 Å². The molecule has 306 valence electrons. The molecule has 3 aliphatic rings. The minimum absolute atomic E-state index is 0.000730. The van der Waals surface area contributed by atoms with Crippen LogP contribution in [0.3, 0.4) is 0 Å². The molecule has 2 saturated heterocycles. The Morgan fingerprint density at radius 2 is 1.33 bits per heavy atom. The molecule has 0 spiro atoms. The van der Waals surface area contributed by atoms with Gasteiger partial charge < -0.3 is 20.9 Å². The minimum Gasteiger partial charge on any atom is -0.347 e. The second-order valence-electron chi connectivity index (χ2n) is 15.9. The quantitative estimate of drug-likeness (QED) is 0.133. The molecule has 58 heavy (non-hydrogen) atoms. The Bertz CT molecular complexity index is 2050. The first-order valence-corrected chi connectivity index (χ1v) is 20.9. The molecule has 8 nitrogen and oxygen atoms in total. The summed E-state index contributed by atoms with van der Waals surface area (Å²) in [5.41, 5.74) is 2.82. The highest BCUT2D eigenvalue weighted by Gasteiger charge is 2.60. The van der Waals surface area contributed by atoms with Gasteiger partial charge in [0.15, 0.2) is 0 Å². The number of rotatable bonds is 11. The zero-order valence-electron chi connectivity index (χ0n) is 33.6. The first-order chi connectivity index (χ1) is 27.9. The molecular formula is C47H54Cl2FN5O3. The molecule has 2 atom stereocenters. The third kappa shape index (κ3) is 10.2. The van der Waals surface area contributed by atoms with Gasteiger partial charge in [0, 0.05) is 47.1 Å². The number of nitrogens with zero attached hydrogens (tertiary/aromatic N) is 2. The molecule has 3 amide bonds. The standard InChI is InChI=1S/C34H36Cl2FN3O2.C13H18N2O/c1-24(41)38-33(26-7-4-3-5-8-26)16-19-40(20-17-33)18-6-9-28-22-34(28,27-12-15-30(35)31(36)21-27)32(42)39(2)23-25-10-13-29(37)14-11-25;1-11(16)15-13(7-9-14-10-8-13)12-5-3-2-4-6-12/h3-15,21,28H,16-20,22-23H2,1-2H3,(H,38,41);2-6,14H,7-10H2,1H3,(H,15,16)/t28-,34-;/m1./s1. The lowest BCUT2D eigenvalue weighted by atomic mass is 9.80. The number of halogens is 3. The largest absolute Gasteiger partial charge is 0.347 e. The summed E-state index contributed by atoms with van der Waals surface area (Å²) in [5.74, 6) is -0.257. The van der Waals surface area contributed by atoms with Crippen molar-refractivity contribution in [1.82, 2.24) is 25.8 Å². The summed E-state index contributed by atoms with van der Waals surface area (Å²) in [6.07, 6.45) is 8.55. The maximum atomic E-state index is 14.0. The van der Waals surface area contributed by atoms with E-state index in [1.54, 1.807) is 50.1 Å². The second kappa shape index (κ2) is 19.0. The van der Waals surface area contributed by atoms with Crippen molar-refractivity contribution in [3.8, 4) is 0 Å². The van der Waals surface area contributed by atoms with Crippen molar-refractivity contribution in [2.75, 3.05) is 39.8 Å². The molecule has 0 aromatic heterocycles. The van der Waals surface area contributed by atoms with Crippen LogP contribution in [0.5, 0.6) is 0 Å². The number of piperidine rings is 2. The summed E-state index contributed by atoms with van der Waals surface area (Å²) in [5, 5.41) is 10.6. The van der Waals surface area contributed by atoms with Crippen LogP contribution in [0.4, 0.5) is 4.39 Å². The minimum atomic E-state index is -0.727. The summed E-state index contributed by atoms with van der Waals surface area (Å²) in [4.78, 5) is 41.5. The van der Waals surface area contributed by atoms with E-state index in [0.717, 1.165) is 75.1 Å². The molecule has 3 fully saturated rings. The predicted octanol–water partition coefficient (Wildman–Crippen LogP) is 8.13. The first kappa shape index (κ1) is 43.0. The van der Waals surface area contributed by atoms with E-state index in [9.17, 15) is 18.8 Å². The average molecular weight is 827 g/mol. The zero-order valence-corrected chi connectivity index (χ0v) is 35.1. The van der Waals surface area contributed by atoms with Crippen LogP contribution < -0.4 is 16.0 Å². The van der Waals surface area contributed by atoms with E-state index in [-0.39, 0.29) is 40.5 Å². The third-order valence-electron chi connectivity index (χ3n) is 11.9. The van der Waals surface area contributed by atoms with Crippen LogP contribution in [0, 0.1) is 11.7 Å². The second-order valence-corrected chi connectivity index (χ2v) is 16.8. The Labute approximate surface area is 352 Å². The monoisotopic (exact) mass is 825 g/mol. The van der Waals surface area contributed by atoms with Crippen LogP contribution in [0.25, 0.3) is 0 Å². The number of carbonyl (C=O) groups excluding carboxylic acids is 3. The number of hydrogen-bond donors (Lipinski definition) is 3. The number of benzene rings is 4. The Morgan fingerprint density at radius 3 is 1.86 bits per heavy atom. The highest BCUT2D eigenvalue weighted by molar-refractivity contribution is 6.42. The van der Waals surface area contributed by atoms with Gasteiger partial charge in [-0.2, -0.15) is 0 Å². The summed E-state index contributed by atoms with van der Waals surface area (Å²) >= 11 is 12.6. The first-order valence-electron chi connectivity index (χ1n) is 20.1. The summed E-state index contributed by atoms with van der Waals surface area (Å²) in [7, 11) is 1.78. The lowest BCUT2D eigenvalue weighted by Crippen LogP contribution is -2.52. The highest BCUT2D eigenvalue weighted by atomic mass is 35.5. The van der Waals surface area contributed by atoms with Gasteiger partial charge in [0.05, 0.1) is 26.5 Å². The van der Waals surface area contributed by atoms with Gasteiger partial charge in [-0.3, -0.25) is 19.3 Å². The molecule has 7 rings (SSSR count). The van der Waals surface area contributed by atoms with Crippen LogP contribution in [0.2, 0.25) is 10.0 Å². The van der Waals surface area contributed by atoms with Gasteiger partial charge in [0.1, 0.15) is 5.82 Å². The molecule has 4 aromatic carbocycles. The number of carbonyl (C=O) groups is 3. The predicted molar refractivity (Wildman–Crippen MR) is 230 cm³/mol. The van der Waals surface area contributed by atoms with Gasteiger partial charge >= 0.3 is 0 Å². The number of hydrogen-bond acceptors (Lipinski definition) is 5.